The lowest BCUT2D eigenvalue weighted by atomic mass is 10.0. The molecule has 7 heteroatoms. The standard InChI is InChI=1S/C15H23FN4O2/c1-15(2,3)22-14(21)19-12-9-20(7-5-10(12)16)13-4-6-18-8-11(13)17/h4,6,8,10,12H,5,7,9,17H2,1-3H3,(H,19,21)/t10-,12-/m1/s1. The fraction of sp³-hybridized carbons (Fsp3) is 0.600. The van der Waals surface area contributed by atoms with E-state index in [1.807, 2.05) is 4.90 Å². The van der Waals surface area contributed by atoms with Gasteiger partial charge in [-0.1, -0.05) is 0 Å². The third kappa shape index (κ3) is 4.22. The van der Waals surface area contributed by atoms with Crippen molar-refractivity contribution in [2.75, 3.05) is 23.7 Å². The minimum Gasteiger partial charge on any atom is -0.444 e. The van der Waals surface area contributed by atoms with E-state index in [0.717, 1.165) is 5.69 Å². The zero-order chi connectivity index (χ0) is 16.3. The largest absolute Gasteiger partial charge is 0.444 e. The number of amides is 1. The monoisotopic (exact) mass is 310 g/mol. The van der Waals surface area contributed by atoms with Gasteiger partial charge in [0, 0.05) is 19.3 Å². The Labute approximate surface area is 129 Å². The van der Waals surface area contributed by atoms with Crippen LogP contribution in [0.4, 0.5) is 20.6 Å². The molecule has 1 aliphatic heterocycles. The molecule has 0 unspecified atom stereocenters. The molecule has 3 N–H and O–H groups in total. The third-order valence-corrected chi connectivity index (χ3v) is 3.40. The van der Waals surface area contributed by atoms with Crippen LogP contribution in [0.15, 0.2) is 18.5 Å². The lowest BCUT2D eigenvalue weighted by Crippen LogP contribution is -2.54. The molecule has 1 amide bonds. The number of alkyl carbamates (subject to hydrolysis) is 1. The number of anilines is 2. The number of ether oxygens (including phenoxy) is 1. The summed E-state index contributed by atoms with van der Waals surface area (Å²) in [7, 11) is 0. The summed E-state index contributed by atoms with van der Waals surface area (Å²) >= 11 is 0. The zero-order valence-electron chi connectivity index (χ0n) is 13.2. The number of carbonyl (C=O) groups is 1. The highest BCUT2D eigenvalue weighted by molar-refractivity contribution is 5.69. The lowest BCUT2D eigenvalue weighted by Gasteiger charge is -2.37. The van der Waals surface area contributed by atoms with E-state index in [1.165, 1.54) is 0 Å². The van der Waals surface area contributed by atoms with Crippen LogP contribution < -0.4 is 16.0 Å². The van der Waals surface area contributed by atoms with Gasteiger partial charge in [-0.3, -0.25) is 4.98 Å². The number of aromatic nitrogens is 1. The Balaban J connectivity index is 2.02. The molecule has 0 aromatic carbocycles. The molecule has 0 radical (unpaired) electrons. The molecule has 0 aliphatic carbocycles. The molecule has 2 rings (SSSR count). The second kappa shape index (κ2) is 6.37. The molecule has 1 aromatic heterocycles. The molecule has 0 spiro atoms. The van der Waals surface area contributed by atoms with Crippen molar-refractivity contribution < 1.29 is 13.9 Å². The summed E-state index contributed by atoms with van der Waals surface area (Å²) in [4.78, 5) is 17.7. The topological polar surface area (TPSA) is 80.5 Å². The number of carbonyl (C=O) groups excluding carboxylic acids is 1. The predicted octanol–water partition coefficient (Wildman–Crippen LogP) is 2.11. The molecule has 1 aromatic rings. The molecule has 0 bridgehead atoms. The minimum atomic E-state index is -1.10. The Bertz CT molecular complexity index is 533. The van der Waals surface area contributed by atoms with E-state index in [2.05, 4.69) is 10.3 Å². The van der Waals surface area contributed by atoms with E-state index in [9.17, 15) is 9.18 Å². The second-order valence-electron chi connectivity index (χ2n) is 6.44. The maximum Gasteiger partial charge on any atom is 0.408 e. The minimum absolute atomic E-state index is 0.322. The van der Waals surface area contributed by atoms with E-state index in [1.54, 1.807) is 39.2 Å². The van der Waals surface area contributed by atoms with Crippen molar-refractivity contribution in [2.45, 2.75) is 45.0 Å². The molecule has 1 aliphatic rings. The van der Waals surface area contributed by atoms with Crippen molar-refractivity contribution in [1.29, 1.82) is 0 Å². The number of hydrogen-bond acceptors (Lipinski definition) is 5. The number of nitrogens with two attached hydrogens (primary N) is 1. The first-order valence-electron chi connectivity index (χ1n) is 7.34. The van der Waals surface area contributed by atoms with Gasteiger partial charge in [0.25, 0.3) is 0 Å². The maximum absolute atomic E-state index is 14.1. The zero-order valence-corrected chi connectivity index (χ0v) is 13.2. The normalized spacial score (nSPS) is 22.3. The van der Waals surface area contributed by atoms with Crippen molar-refractivity contribution in [3.05, 3.63) is 18.5 Å². The van der Waals surface area contributed by atoms with Crippen LogP contribution in [-0.4, -0.2) is 42.0 Å². The molecule has 1 fully saturated rings. The Morgan fingerprint density at radius 3 is 2.91 bits per heavy atom. The van der Waals surface area contributed by atoms with Crippen LogP contribution in [0.3, 0.4) is 0 Å². The van der Waals surface area contributed by atoms with Crippen LogP contribution >= 0.6 is 0 Å². The summed E-state index contributed by atoms with van der Waals surface area (Å²) in [6.45, 7) is 6.19. The maximum atomic E-state index is 14.1. The first-order chi connectivity index (χ1) is 10.3. The smallest absolute Gasteiger partial charge is 0.408 e. The van der Waals surface area contributed by atoms with Crippen molar-refractivity contribution >= 4 is 17.5 Å². The number of alkyl halides is 1. The van der Waals surface area contributed by atoms with Gasteiger partial charge in [-0.25, -0.2) is 9.18 Å². The number of halogens is 1. The molecule has 6 nitrogen and oxygen atoms in total. The lowest BCUT2D eigenvalue weighted by molar-refractivity contribution is 0.0466. The molecule has 1 saturated heterocycles. The molecular weight excluding hydrogens is 287 g/mol. The van der Waals surface area contributed by atoms with Crippen molar-refractivity contribution in [3.8, 4) is 0 Å². The number of rotatable bonds is 2. The molecule has 22 heavy (non-hydrogen) atoms. The van der Waals surface area contributed by atoms with Gasteiger partial charge in [-0.15, -0.1) is 0 Å². The quantitative estimate of drug-likeness (QED) is 0.874. The fourth-order valence-corrected chi connectivity index (χ4v) is 2.42. The van der Waals surface area contributed by atoms with Gasteiger partial charge >= 0.3 is 6.09 Å². The average molecular weight is 310 g/mol. The highest BCUT2D eigenvalue weighted by Crippen LogP contribution is 2.26. The first-order valence-corrected chi connectivity index (χ1v) is 7.34. The van der Waals surface area contributed by atoms with Gasteiger partial charge in [-0.05, 0) is 33.3 Å². The average Bonchev–Trinajstić information content (AvgIpc) is 2.40. The second-order valence-corrected chi connectivity index (χ2v) is 6.44. The first kappa shape index (κ1) is 16.3. The van der Waals surface area contributed by atoms with E-state index >= 15 is 0 Å². The van der Waals surface area contributed by atoms with E-state index < -0.39 is 23.9 Å². The molecule has 0 saturated carbocycles. The van der Waals surface area contributed by atoms with Gasteiger partial charge < -0.3 is 20.7 Å². The number of piperidine rings is 1. The van der Waals surface area contributed by atoms with E-state index in [0.29, 0.717) is 25.2 Å². The predicted molar refractivity (Wildman–Crippen MR) is 83.5 cm³/mol. The SMILES string of the molecule is CC(C)(C)OC(=O)N[C@@H]1CN(c2ccncc2N)CC[C@H]1F. The fourth-order valence-electron chi connectivity index (χ4n) is 2.42. The molecule has 2 atom stereocenters. The van der Waals surface area contributed by atoms with Gasteiger partial charge in [0.2, 0.25) is 0 Å². The summed E-state index contributed by atoms with van der Waals surface area (Å²) in [5, 5.41) is 2.61. The van der Waals surface area contributed by atoms with Crippen LogP contribution in [0.1, 0.15) is 27.2 Å². The van der Waals surface area contributed by atoms with Crippen LogP contribution in [0, 0.1) is 0 Å². The van der Waals surface area contributed by atoms with Crippen molar-refractivity contribution in [1.82, 2.24) is 10.3 Å². The van der Waals surface area contributed by atoms with Crippen LogP contribution in [0.2, 0.25) is 0 Å². The Morgan fingerprint density at radius 1 is 1.55 bits per heavy atom. The van der Waals surface area contributed by atoms with Gasteiger partial charge in [0.1, 0.15) is 11.8 Å². The number of nitrogen functional groups attached to an aromatic ring is 1. The number of pyridine rings is 1. The Morgan fingerprint density at radius 2 is 2.27 bits per heavy atom. The highest BCUT2D eigenvalue weighted by atomic mass is 19.1. The molecule has 2 heterocycles. The van der Waals surface area contributed by atoms with Crippen LogP contribution in [0.25, 0.3) is 0 Å². The third-order valence-electron chi connectivity index (χ3n) is 3.40. The molecular formula is C15H23FN4O2. The van der Waals surface area contributed by atoms with Crippen molar-refractivity contribution in [3.63, 3.8) is 0 Å². The highest BCUT2D eigenvalue weighted by Gasteiger charge is 2.32. The summed E-state index contributed by atoms with van der Waals surface area (Å²) in [5.74, 6) is 0. The van der Waals surface area contributed by atoms with Crippen molar-refractivity contribution in [2.24, 2.45) is 0 Å². The van der Waals surface area contributed by atoms with E-state index in [-0.39, 0.29) is 0 Å². The van der Waals surface area contributed by atoms with Crippen LogP contribution in [0.5, 0.6) is 0 Å². The summed E-state index contributed by atoms with van der Waals surface area (Å²) < 4.78 is 19.3. The summed E-state index contributed by atoms with van der Waals surface area (Å²) in [6.07, 6.45) is 1.82. The number of nitrogens with zero attached hydrogens (tertiary/aromatic N) is 2. The van der Waals surface area contributed by atoms with Gasteiger partial charge in [0.15, 0.2) is 0 Å². The van der Waals surface area contributed by atoms with E-state index in [4.69, 9.17) is 10.5 Å². The van der Waals surface area contributed by atoms with Gasteiger partial charge in [-0.2, -0.15) is 0 Å². The number of nitrogens with one attached hydrogen (secondary N) is 1. The Hall–Kier alpha value is -2.05. The molecule has 122 valence electrons. The number of hydrogen-bond donors (Lipinski definition) is 2. The Kier molecular flexibility index (Phi) is 4.73. The van der Waals surface area contributed by atoms with Gasteiger partial charge in [0.05, 0.1) is 23.6 Å². The summed E-state index contributed by atoms with van der Waals surface area (Å²) in [6, 6.07) is 1.16. The van der Waals surface area contributed by atoms with Crippen LogP contribution in [-0.2, 0) is 4.74 Å². The summed E-state index contributed by atoms with van der Waals surface area (Å²) in [5.41, 5.74) is 6.64.